The molecule has 2 aliphatic heterocycles. The van der Waals surface area contributed by atoms with E-state index in [-0.39, 0.29) is 121 Å². The third-order valence-corrected chi connectivity index (χ3v) is 29.1. The monoisotopic (exact) mass is 2000 g/mol. The Morgan fingerprint density at radius 3 is 1.12 bits per heavy atom. The van der Waals surface area contributed by atoms with E-state index >= 15 is 0 Å². The van der Waals surface area contributed by atoms with Crippen LogP contribution in [0.1, 0.15) is 224 Å². The lowest BCUT2D eigenvalue weighted by atomic mass is 9.83. The van der Waals surface area contributed by atoms with Crippen LogP contribution in [0.2, 0.25) is 0 Å². The number of unbranched alkanes of at least 4 members (excludes halogenated alkanes) is 4. The minimum atomic E-state index is -1.15. The van der Waals surface area contributed by atoms with Crippen LogP contribution in [0.3, 0.4) is 0 Å². The van der Waals surface area contributed by atoms with Crippen molar-refractivity contribution in [3.8, 4) is 0 Å². The lowest BCUT2D eigenvalue weighted by Crippen LogP contribution is -2.55. The molecule has 18 atom stereocenters. The fourth-order valence-corrected chi connectivity index (χ4v) is 20.7. The molecule has 2 fully saturated rings. The number of ether oxygens (including phenoxy) is 4. The van der Waals surface area contributed by atoms with Crippen molar-refractivity contribution in [3.63, 3.8) is 0 Å². The van der Waals surface area contributed by atoms with Gasteiger partial charge in [-0.3, -0.25) is 52.7 Å². The number of likely N-dealkylation sites (tertiary alicyclic amines) is 2. The van der Waals surface area contributed by atoms with Crippen LogP contribution < -0.4 is 16.5 Å². The van der Waals surface area contributed by atoms with Crippen molar-refractivity contribution < 1.29 is 101 Å². The molecule has 0 radical (unpaired) electrons. The van der Waals surface area contributed by atoms with Crippen molar-refractivity contribution in [2.24, 2.45) is 70.2 Å². The molecule has 0 spiro atoms. The average Bonchev–Trinajstić information content (AvgIpc) is 1.76. The van der Waals surface area contributed by atoms with E-state index in [4.69, 9.17) is 29.7 Å². The zero-order chi connectivity index (χ0) is 103. The number of methoxy groups -OCH3 is 4. The highest BCUT2D eigenvalue weighted by atomic mass is 32.2. The van der Waals surface area contributed by atoms with E-state index in [9.17, 15) is 72.5 Å². The highest BCUT2D eigenvalue weighted by Gasteiger charge is 2.48. The molecule has 8 amide bonds. The number of oxime groups is 1. The Hall–Kier alpha value is -7.22. The molecule has 0 saturated carbocycles. The van der Waals surface area contributed by atoms with Crippen LogP contribution in [0, 0.1) is 59.2 Å². The van der Waals surface area contributed by atoms with Crippen molar-refractivity contribution in [2.45, 2.75) is 298 Å². The minimum absolute atomic E-state index is 0.0400. The third-order valence-electron chi connectivity index (χ3n) is 26.6. The normalized spacial score (nSPS) is 17.2. The van der Waals surface area contributed by atoms with Crippen LogP contribution in [-0.2, 0) is 104 Å². The Morgan fingerprint density at radius 1 is 0.467 bits per heavy atom. The molecule has 4 rings (SSSR count). The summed E-state index contributed by atoms with van der Waals surface area (Å²) in [7, 11) is 12.8. The SMILES string of the molecule is CC[C@H](C)[C@@H]([C@@H](CC(=O)N1CCC[C@H]1[C@H](OC)[C@@H](C)C(=O)N[C@@H](Cc1ccccc1)C(=O)O)OC)N(C)C(=O)[C@@H](CC(=O)[C@H](C(C)C)N(C)C(=O)CCCCCON)C(C)C.CC[C@H](C)[C@@H]([C@@H](CC(=O)N1CCC[C@H]1[C@H](OC)[C@@H](C)C(=O)N[C@@H](Cc1ccccc1)C(=O)O)OC)N(C)C(=O)[C@@H](CC(=O)[C@H](C(C)C)N(C)C(=O)CCCCCON=C(CSC)CSC)C(C)C.CSCC(=O)CSC. The van der Waals surface area contributed by atoms with Crippen LogP contribution in [-0.4, -0.2) is 326 Å². The van der Waals surface area contributed by atoms with Gasteiger partial charge in [0.05, 0.1) is 109 Å². The number of carboxylic acid groups (broad SMARTS) is 2. The number of likely N-dealkylation sites (N-methyl/N-ethyl adjacent to an activating group) is 4. The lowest BCUT2D eigenvalue weighted by Gasteiger charge is -2.41. The van der Waals surface area contributed by atoms with Crippen molar-refractivity contribution >= 4 is 129 Å². The summed E-state index contributed by atoms with van der Waals surface area (Å²) in [5.41, 5.74) is 2.56. The van der Waals surface area contributed by atoms with E-state index in [2.05, 4.69) is 20.6 Å². The van der Waals surface area contributed by atoms with E-state index in [1.54, 1.807) is 126 Å². The molecular formula is C102H172N10O21S4. The molecule has 0 aliphatic carbocycles. The number of rotatable bonds is 65. The Kier molecular flexibility index (Phi) is 62.5. The summed E-state index contributed by atoms with van der Waals surface area (Å²) in [4.78, 5) is 195. The number of ketones is 3. The largest absolute Gasteiger partial charge is 0.480 e. The molecular weight excluding hydrogens is 1830 g/mol. The summed E-state index contributed by atoms with van der Waals surface area (Å²) in [5.74, 6) is -0.116. The Bertz CT molecular complexity index is 3960. The van der Waals surface area contributed by atoms with Gasteiger partial charge >= 0.3 is 11.9 Å². The van der Waals surface area contributed by atoms with E-state index in [0.717, 1.165) is 54.0 Å². The maximum Gasteiger partial charge on any atom is 0.326 e. The van der Waals surface area contributed by atoms with Gasteiger partial charge in [-0.1, -0.05) is 182 Å². The first kappa shape index (κ1) is 126. The van der Waals surface area contributed by atoms with Gasteiger partial charge in [-0.05, 0) is 129 Å². The summed E-state index contributed by atoms with van der Waals surface area (Å²) in [6, 6.07) is 12.5. The maximum absolute atomic E-state index is 14.7. The number of Topliss-reactive ketones (excluding diaryl/α,β-unsaturated/α-hetero) is 3. The number of nitrogens with one attached hydrogen (secondary N) is 2. The number of amides is 8. The second kappa shape index (κ2) is 68.1. The van der Waals surface area contributed by atoms with Gasteiger partial charge in [-0.25, -0.2) is 15.5 Å². The lowest BCUT2D eigenvalue weighted by molar-refractivity contribution is -0.150. The van der Waals surface area contributed by atoms with Gasteiger partial charge in [0, 0.05) is 132 Å². The van der Waals surface area contributed by atoms with E-state index in [1.165, 1.54) is 33.3 Å². The molecule has 35 heteroatoms. The van der Waals surface area contributed by atoms with Gasteiger partial charge < -0.3 is 78.9 Å². The Morgan fingerprint density at radius 2 is 0.818 bits per heavy atom. The van der Waals surface area contributed by atoms with Crippen LogP contribution in [0.15, 0.2) is 65.8 Å². The molecule has 6 N–H and O–H groups in total. The van der Waals surface area contributed by atoms with Crippen molar-refractivity contribution in [2.75, 3.05) is 131 Å². The van der Waals surface area contributed by atoms with Gasteiger partial charge in [-0.15, -0.1) is 0 Å². The molecule has 2 heterocycles. The number of aliphatic carboxylic acids is 2. The van der Waals surface area contributed by atoms with Gasteiger partial charge in [0.1, 0.15) is 18.7 Å². The van der Waals surface area contributed by atoms with Gasteiger partial charge in [0.2, 0.25) is 47.3 Å². The van der Waals surface area contributed by atoms with E-state index in [1.807, 2.05) is 157 Å². The predicted molar refractivity (Wildman–Crippen MR) is 549 cm³/mol. The van der Waals surface area contributed by atoms with Crippen LogP contribution in [0.25, 0.3) is 0 Å². The molecule has 2 saturated heterocycles. The highest BCUT2D eigenvalue weighted by Crippen LogP contribution is 2.35. The van der Waals surface area contributed by atoms with E-state index in [0.29, 0.717) is 108 Å². The zero-order valence-electron chi connectivity index (χ0n) is 87.3. The molecule has 0 aromatic heterocycles. The maximum atomic E-state index is 14.7. The molecule has 0 bridgehead atoms. The first-order chi connectivity index (χ1) is 64.9. The average molecular weight is 2000 g/mol. The number of hydrogen-bond acceptors (Lipinski definition) is 25. The number of carboxylic acids is 2. The summed E-state index contributed by atoms with van der Waals surface area (Å²) >= 11 is 6.59. The summed E-state index contributed by atoms with van der Waals surface area (Å²) in [6.45, 7) is 28.5. The fraction of sp³-hybridized carbons (Fsp3) is 0.745. The van der Waals surface area contributed by atoms with Gasteiger partial charge in [0.15, 0.2) is 17.3 Å². The molecule has 2 aromatic carbocycles. The quantitative estimate of drug-likeness (QED) is 0.0233. The van der Waals surface area contributed by atoms with E-state index < -0.39 is 120 Å². The van der Waals surface area contributed by atoms with Crippen LogP contribution in [0.4, 0.5) is 0 Å². The molecule has 0 unspecified atom stereocenters. The molecule has 31 nitrogen and oxygen atoms in total. The third kappa shape index (κ3) is 42.1. The smallest absolute Gasteiger partial charge is 0.326 e. The Balaban J connectivity index is 0.000000860. The summed E-state index contributed by atoms with van der Waals surface area (Å²) < 4.78 is 23.9. The standard InChI is InChI=1S/C51H85N5O10S2.C46H77N5O10.C5H10OS2/c1-14-35(6)47(43(64-10)30-45(59)56-26-21-24-41(56)48(65-11)36(7)49(60)52-40(51(62)63)28-37-22-17-15-18-23-37)55(9)50(61)39(33(2)3)29-42(57)46(34(4)5)54(8)44(58)25-19-16-20-27-66-53-38(31-67-12)32-68-13;1-12-31(6)42(50(9)45(56)34(29(2)3)27-37(52)41(30(4)5)49(8)39(53)23-17-14-18-25-61-47)38(59-10)28-40(54)51-24-19-22-36(51)43(60-11)32(7)44(55)48-35(46(57)58)26-33-20-15-13-16-21-33;1-7-3-5(6)4-8-2/h15,17-18,22-23,33-36,39-41,43,46-48H,14,16,19-21,24-32H2,1-13H3,(H,52,60)(H,62,63);13,15-16,20-21,29-32,34-36,38,41-43H,12,14,17-19,22-28,47H2,1-11H3,(H,48,55)(H,57,58);3-4H2,1-2H3/t35-,36+,39-,40-,41-,43+,46-,47-,48+;31-,32+,34-,35-,36-,38+,41-,42-,43+;/m00./s1. The predicted octanol–water partition coefficient (Wildman–Crippen LogP) is 13.3. The number of thioether (sulfide) groups is 4. The Labute approximate surface area is 836 Å². The highest BCUT2D eigenvalue weighted by molar-refractivity contribution is 8.01. The molecule has 2 aliphatic rings. The fourth-order valence-electron chi connectivity index (χ4n) is 18.7. The summed E-state index contributed by atoms with van der Waals surface area (Å²) in [5, 5.41) is 29.5. The van der Waals surface area contributed by atoms with Gasteiger partial charge in [0.25, 0.3) is 0 Å². The van der Waals surface area contributed by atoms with Crippen LogP contribution >= 0.6 is 47.0 Å². The first-order valence-electron chi connectivity index (χ1n) is 48.9. The number of nitrogens with zero attached hydrogens (tertiary/aromatic N) is 7. The topological polar surface area (TPSA) is 400 Å². The second-order valence-electron chi connectivity index (χ2n) is 38.0. The number of carbonyl (C=O) groups is 13. The number of hydrogen-bond donors (Lipinski definition) is 5. The van der Waals surface area contributed by atoms with Gasteiger partial charge in [-0.2, -0.15) is 47.0 Å². The number of nitrogens with two attached hydrogens (primary N) is 1. The van der Waals surface area contributed by atoms with Crippen LogP contribution in [0.5, 0.6) is 0 Å². The number of benzene rings is 2. The second-order valence-corrected chi connectivity index (χ2v) is 41.5. The number of carbonyl (C=O) groups excluding carboxylic acids is 11. The first-order valence-corrected chi connectivity index (χ1v) is 54.4. The molecule has 137 heavy (non-hydrogen) atoms. The molecule has 780 valence electrons. The summed E-state index contributed by atoms with van der Waals surface area (Å²) in [6.07, 6.45) is 14.1. The van der Waals surface area contributed by atoms with Crippen molar-refractivity contribution in [3.05, 3.63) is 71.8 Å². The zero-order valence-corrected chi connectivity index (χ0v) is 90.5. The van der Waals surface area contributed by atoms with Crippen molar-refractivity contribution in [1.82, 2.24) is 40.0 Å². The molecule has 2 aromatic rings. The minimum Gasteiger partial charge on any atom is -0.480 e. The van der Waals surface area contributed by atoms with Crippen molar-refractivity contribution in [1.29, 1.82) is 0 Å².